The van der Waals surface area contributed by atoms with Crippen LogP contribution in [0.15, 0.2) is 40.2 Å². The molecule has 1 amide bonds. The van der Waals surface area contributed by atoms with Gasteiger partial charge in [-0.15, -0.1) is 0 Å². The molecular formula is C19H19N5O7. The van der Waals surface area contributed by atoms with Crippen molar-refractivity contribution in [1.82, 2.24) is 18.7 Å². The molecule has 0 unspecified atom stereocenters. The summed E-state index contributed by atoms with van der Waals surface area (Å²) in [5.41, 5.74) is -0.623. The lowest BCUT2D eigenvalue weighted by atomic mass is 10.2. The molecule has 0 aliphatic heterocycles. The molecule has 0 spiro atoms. The van der Waals surface area contributed by atoms with E-state index in [9.17, 15) is 24.0 Å². The Hall–Kier alpha value is -4.22. The smallest absolute Gasteiger partial charge is 0.339 e. The van der Waals surface area contributed by atoms with Crippen LogP contribution in [-0.2, 0) is 39.7 Å². The normalized spacial score (nSPS) is 10.7. The van der Waals surface area contributed by atoms with Crippen molar-refractivity contribution in [1.29, 1.82) is 0 Å². The second kappa shape index (κ2) is 8.65. The van der Waals surface area contributed by atoms with Crippen LogP contribution < -0.4 is 16.6 Å². The van der Waals surface area contributed by atoms with E-state index < -0.39 is 42.2 Å². The fourth-order valence-electron chi connectivity index (χ4n) is 2.91. The van der Waals surface area contributed by atoms with Gasteiger partial charge in [0.25, 0.3) is 11.5 Å². The Morgan fingerprint density at radius 2 is 1.81 bits per heavy atom. The van der Waals surface area contributed by atoms with Crippen LogP contribution in [0.4, 0.5) is 5.69 Å². The number of methoxy groups -OCH3 is 1. The second-order valence-electron chi connectivity index (χ2n) is 6.50. The molecule has 3 rings (SSSR count). The third-order valence-corrected chi connectivity index (χ3v) is 4.49. The number of nitrogens with one attached hydrogen (secondary N) is 1. The zero-order valence-electron chi connectivity index (χ0n) is 16.9. The Bertz CT molecular complexity index is 1300. The Labute approximate surface area is 174 Å². The van der Waals surface area contributed by atoms with Gasteiger partial charge < -0.3 is 19.4 Å². The number of fused-ring (bicyclic) bond motifs is 1. The Morgan fingerprint density at radius 1 is 1.10 bits per heavy atom. The molecule has 3 aromatic rings. The summed E-state index contributed by atoms with van der Waals surface area (Å²) >= 11 is 0. The van der Waals surface area contributed by atoms with Gasteiger partial charge in [-0.1, -0.05) is 12.1 Å². The van der Waals surface area contributed by atoms with Crippen LogP contribution >= 0.6 is 0 Å². The number of benzene rings is 1. The summed E-state index contributed by atoms with van der Waals surface area (Å²) in [6.07, 6.45) is 1.24. The molecule has 0 radical (unpaired) electrons. The number of aromatic nitrogens is 4. The highest BCUT2D eigenvalue weighted by atomic mass is 16.5. The first-order valence-electron chi connectivity index (χ1n) is 8.98. The number of aryl methyl sites for hydroxylation is 1. The van der Waals surface area contributed by atoms with Crippen LogP contribution in [0.25, 0.3) is 11.2 Å². The Kier molecular flexibility index (Phi) is 6.00. The molecule has 0 fully saturated rings. The van der Waals surface area contributed by atoms with Gasteiger partial charge in [-0.3, -0.25) is 23.5 Å². The molecule has 1 aromatic carbocycles. The second-order valence-corrected chi connectivity index (χ2v) is 6.50. The highest BCUT2D eigenvalue weighted by Crippen LogP contribution is 2.16. The van der Waals surface area contributed by atoms with E-state index in [0.717, 1.165) is 4.57 Å². The summed E-state index contributed by atoms with van der Waals surface area (Å²) in [5.74, 6) is -2.10. The number of rotatable bonds is 6. The molecule has 12 nitrogen and oxygen atoms in total. The molecule has 2 heterocycles. The number of esters is 2. The number of para-hydroxylation sites is 1. The molecule has 162 valence electrons. The average Bonchev–Trinajstić information content (AvgIpc) is 3.18. The summed E-state index contributed by atoms with van der Waals surface area (Å²) in [4.78, 5) is 64.4. The summed E-state index contributed by atoms with van der Waals surface area (Å²) in [6, 6.07) is 6.21. The maximum absolute atomic E-state index is 12.4. The number of nitrogens with zero attached hydrogens (tertiary/aromatic N) is 4. The molecule has 31 heavy (non-hydrogen) atoms. The maximum atomic E-state index is 12.4. The number of carbonyl (C=O) groups is 3. The maximum Gasteiger partial charge on any atom is 0.339 e. The summed E-state index contributed by atoms with van der Waals surface area (Å²) in [7, 11) is 3.99. The fraction of sp³-hybridized carbons (Fsp3) is 0.263. The van der Waals surface area contributed by atoms with Crippen molar-refractivity contribution in [3.05, 3.63) is 57.0 Å². The van der Waals surface area contributed by atoms with Gasteiger partial charge in [-0.2, -0.15) is 0 Å². The average molecular weight is 429 g/mol. The van der Waals surface area contributed by atoms with Crippen molar-refractivity contribution in [3.63, 3.8) is 0 Å². The lowest BCUT2D eigenvalue weighted by Gasteiger charge is -2.10. The van der Waals surface area contributed by atoms with E-state index in [1.807, 2.05) is 0 Å². The van der Waals surface area contributed by atoms with E-state index in [2.05, 4.69) is 15.0 Å². The van der Waals surface area contributed by atoms with Gasteiger partial charge in [0.2, 0.25) is 0 Å². The first-order chi connectivity index (χ1) is 14.7. The highest BCUT2D eigenvalue weighted by molar-refractivity contribution is 6.01. The number of amides is 1. The topological polar surface area (TPSA) is 144 Å². The van der Waals surface area contributed by atoms with E-state index in [-0.39, 0.29) is 22.4 Å². The van der Waals surface area contributed by atoms with Gasteiger partial charge in [-0.05, 0) is 12.1 Å². The van der Waals surface area contributed by atoms with Crippen LogP contribution in [0.3, 0.4) is 0 Å². The minimum atomic E-state index is -0.799. The van der Waals surface area contributed by atoms with Crippen molar-refractivity contribution < 1.29 is 23.9 Å². The quantitative estimate of drug-likeness (QED) is 0.512. The van der Waals surface area contributed by atoms with E-state index in [0.29, 0.717) is 0 Å². The minimum absolute atomic E-state index is 0.0537. The number of carbonyl (C=O) groups excluding carboxylic acids is 3. The SMILES string of the molecule is COC(=O)c1ccccc1NC(=O)COC(=O)Cn1cnc2c1c(=O)n(C)c(=O)n2C. The van der Waals surface area contributed by atoms with Gasteiger partial charge >= 0.3 is 17.6 Å². The van der Waals surface area contributed by atoms with Crippen molar-refractivity contribution >= 4 is 34.7 Å². The van der Waals surface area contributed by atoms with Gasteiger partial charge in [0.05, 0.1) is 24.7 Å². The van der Waals surface area contributed by atoms with Crippen LogP contribution in [-0.4, -0.2) is 50.2 Å². The summed E-state index contributed by atoms with van der Waals surface area (Å²) in [5, 5.41) is 2.47. The fourth-order valence-corrected chi connectivity index (χ4v) is 2.91. The standard InChI is InChI=1S/C19H19N5O7/c1-22-16-15(17(27)23(2)19(22)29)24(10-20-16)8-14(26)31-9-13(25)21-12-7-5-4-6-11(12)18(28)30-3/h4-7,10H,8-9H2,1-3H3,(H,21,25). The number of ether oxygens (including phenoxy) is 2. The van der Waals surface area contributed by atoms with E-state index in [1.54, 1.807) is 12.1 Å². The zero-order valence-corrected chi connectivity index (χ0v) is 16.9. The molecule has 1 N–H and O–H groups in total. The molecule has 0 atom stereocenters. The van der Waals surface area contributed by atoms with Crippen molar-refractivity contribution in [3.8, 4) is 0 Å². The molecule has 0 aliphatic rings. The van der Waals surface area contributed by atoms with Gasteiger partial charge in [-0.25, -0.2) is 14.6 Å². The van der Waals surface area contributed by atoms with Crippen LogP contribution in [0.2, 0.25) is 0 Å². The van der Waals surface area contributed by atoms with Gasteiger partial charge in [0.1, 0.15) is 6.54 Å². The molecule has 2 aromatic heterocycles. The lowest BCUT2D eigenvalue weighted by molar-refractivity contribution is -0.147. The zero-order chi connectivity index (χ0) is 22.7. The molecule has 0 saturated carbocycles. The third kappa shape index (κ3) is 4.22. The molecular weight excluding hydrogens is 410 g/mol. The van der Waals surface area contributed by atoms with Gasteiger partial charge in [0, 0.05) is 14.1 Å². The number of hydrogen-bond acceptors (Lipinski definition) is 8. The minimum Gasteiger partial charge on any atom is -0.465 e. The van der Waals surface area contributed by atoms with Crippen LogP contribution in [0, 0.1) is 0 Å². The number of imidazole rings is 1. The van der Waals surface area contributed by atoms with E-state index >= 15 is 0 Å². The lowest BCUT2D eigenvalue weighted by Crippen LogP contribution is -2.37. The van der Waals surface area contributed by atoms with E-state index in [1.165, 1.54) is 48.8 Å². The van der Waals surface area contributed by atoms with Crippen molar-refractivity contribution in [2.75, 3.05) is 19.0 Å². The Morgan fingerprint density at radius 3 is 2.52 bits per heavy atom. The molecule has 0 aliphatic carbocycles. The first-order valence-corrected chi connectivity index (χ1v) is 8.98. The molecule has 0 bridgehead atoms. The first kappa shape index (κ1) is 21.5. The summed E-state index contributed by atoms with van der Waals surface area (Å²) in [6.45, 7) is -1.01. The summed E-state index contributed by atoms with van der Waals surface area (Å²) < 4.78 is 12.9. The number of anilines is 1. The molecule has 12 heteroatoms. The highest BCUT2D eigenvalue weighted by Gasteiger charge is 2.18. The Balaban J connectivity index is 1.68. The van der Waals surface area contributed by atoms with Crippen molar-refractivity contribution in [2.24, 2.45) is 14.1 Å². The third-order valence-electron chi connectivity index (χ3n) is 4.49. The monoisotopic (exact) mass is 429 g/mol. The van der Waals surface area contributed by atoms with Crippen molar-refractivity contribution in [2.45, 2.75) is 6.54 Å². The predicted octanol–water partition coefficient (Wildman–Crippen LogP) is -0.598. The van der Waals surface area contributed by atoms with Gasteiger partial charge in [0.15, 0.2) is 17.8 Å². The van der Waals surface area contributed by atoms with Crippen LogP contribution in [0.5, 0.6) is 0 Å². The number of hydrogen-bond donors (Lipinski definition) is 1. The van der Waals surface area contributed by atoms with E-state index in [4.69, 9.17) is 4.74 Å². The van der Waals surface area contributed by atoms with Crippen LogP contribution in [0.1, 0.15) is 10.4 Å². The largest absolute Gasteiger partial charge is 0.465 e. The predicted molar refractivity (Wildman–Crippen MR) is 108 cm³/mol. The molecule has 0 saturated heterocycles.